The number of rotatable bonds is 9. The molecule has 4 aromatic rings. The fraction of sp³-hybridized carbons (Fsp3) is 0.129. The van der Waals surface area contributed by atoms with E-state index >= 15 is 0 Å². The monoisotopic (exact) mass is 534 g/mol. The van der Waals surface area contributed by atoms with Crippen LogP contribution in [0, 0.1) is 0 Å². The Hall–Kier alpha value is -5.31. The molecule has 0 spiro atoms. The summed E-state index contributed by atoms with van der Waals surface area (Å²) < 4.78 is 0. The molecule has 5 N–H and O–H groups in total. The van der Waals surface area contributed by atoms with Crippen LogP contribution in [0.1, 0.15) is 58.1 Å². The van der Waals surface area contributed by atoms with Crippen molar-refractivity contribution in [2.24, 2.45) is 10.7 Å². The predicted molar refractivity (Wildman–Crippen MR) is 151 cm³/mol. The molecule has 9 nitrogen and oxygen atoms in total. The number of carboxylic acid groups (broad SMARTS) is 1. The van der Waals surface area contributed by atoms with E-state index in [1.807, 2.05) is 60.7 Å². The van der Waals surface area contributed by atoms with Crippen LogP contribution >= 0.6 is 0 Å². The van der Waals surface area contributed by atoms with Gasteiger partial charge in [0.05, 0.1) is 11.1 Å². The normalized spacial score (nSPS) is 12.8. The minimum absolute atomic E-state index is 0.00102. The highest BCUT2D eigenvalue weighted by Gasteiger charge is 2.33. The largest absolute Gasteiger partial charge is 0.478 e. The van der Waals surface area contributed by atoms with Crippen molar-refractivity contribution in [1.82, 2.24) is 10.6 Å². The molecular formula is C31H26N4O5. The Morgan fingerprint density at radius 3 is 2.10 bits per heavy atom. The molecule has 40 heavy (non-hydrogen) atoms. The Labute approximate surface area is 229 Å². The molecule has 4 aromatic carbocycles. The molecule has 0 aliphatic carbocycles. The number of nitrogens with two attached hydrogens (primary N) is 1. The molecule has 0 radical (unpaired) electrons. The second-order valence-electron chi connectivity index (χ2n) is 9.34. The Morgan fingerprint density at radius 1 is 0.800 bits per heavy atom. The van der Waals surface area contributed by atoms with Crippen LogP contribution < -0.4 is 16.4 Å². The van der Waals surface area contributed by atoms with Crippen LogP contribution in [0.3, 0.4) is 0 Å². The van der Waals surface area contributed by atoms with Gasteiger partial charge in [-0.2, -0.15) is 0 Å². The van der Waals surface area contributed by atoms with Gasteiger partial charge in [0.15, 0.2) is 0 Å². The van der Waals surface area contributed by atoms with Gasteiger partial charge in [-0.05, 0) is 42.2 Å². The summed E-state index contributed by atoms with van der Waals surface area (Å²) in [5.74, 6) is -3.37. The van der Waals surface area contributed by atoms with E-state index in [9.17, 15) is 24.3 Å². The van der Waals surface area contributed by atoms with E-state index < -0.39 is 23.7 Å². The van der Waals surface area contributed by atoms with E-state index in [0.29, 0.717) is 25.9 Å². The van der Waals surface area contributed by atoms with Gasteiger partial charge in [0, 0.05) is 40.6 Å². The average Bonchev–Trinajstić information content (AvgIpc) is 2.96. The molecule has 0 aromatic heterocycles. The quantitative estimate of drug-likeness (QED) is 0.147. The Bertz CT molecular complexity index is 1680. The molecule has 0 saturated heterocycles. The number of hydrogen-bond acceptors (Lipinski definition) is 5. The van der Waals surface area contributed by atoms with E-state index in [1.165, 1.54) is 18.2 Å². The maximum absolute atomic E-state index is 13.4. The summed E-state index contributed by atoms with van der Waals surface area (Å²) >= 11 is 0. The van der Waals surface area contributed by atoms with Crippen molar-refractivity contribution in [1.29, 1.82) is 0 Å². The van der Waals surface area contributed by atoms with Crippen molar-refractivity contribution in [2.45, 2.75) is 12.8 Å². The molecule has 200 valence electrons. The summed E-state index contributed by atoms with van der Waals surface area (Å²) in [6.45, 7) is 0.640. The highest BCUT2D eigenvalue weighted by molar-refractivity contribution is 6.32. The maximum atomic E-state index is 13.4. The summed E-state index contributed by atoms with van der Waals surface area (Å²) in [5, 5.41) is 15.3. The first-order valence-electron chi connectivity index (χ1n) is 12.7. The number of hydrogen-bond donors (Lipinski definition) is 4. The number of carboxylic acids is 1. The van der Waals surface area contributed by atoms with Crippen LogP contribution in [0.25, 0.3) is 10.8 Å². The molecule has 0 fully saturated rings. The van der Waals surface area contributed by atoms with Crippen molar-refractivity contribution < 1.29 is 24.3 Å². The van der Waals surface area contributed by atoms with E-state index in [-0.39, 0.29) is 44.4 Å². The summed E-state index contributed by atoms with van der Waals surface area (Å²) in [6.07, 6.45) is 1.18. The number of carbonyl (C=O) groups is 4. The number of amidine groups is 1. The van der Waals surface area contributed by atoms with Gasteiger partial charge in [-0.15, -0.1) is 0 Å². The molecule has 0 unspecified atom stereocenters. The molecule has 1 heterocycles. The second kappa shape index (κ2) is 11.2. The highest BCUT2D eigenvalue weighted by Crippen LogP contribution is 2.35. The third-order valence-corrected chi connectivity index (χ3v) is 6.80. The molecule has 1 aliphatic rings. The Balaban J connectivity index is 1.61. The number of nitrogens with zero attached hydrogens (tertiary/aromatic N) is 1. The van der Waals surface area contributed by atoms with E-state index in [2.05, 4.69) is 15.6 Å². The molecule has 0 bridgehead atoms. The van der Waals surface area contributed by atoms with Gasteiger partial charge in [-0.1, -0.05) is 60.7 Å². The van der Waals surface area contributed by atoms with Gasteiger partial charge in [-0.3, -0.25) is 24.7 Å². The van der Waals surface area contributed by atoms with Gasteiger partial charge in [0.2, 0.25) is 0 Å². The zero-order chi connectivity index (χ0) is 28.2. The third kappa shape index (κ3) is 5.17. The smallest absolute Gasteiger partial charge is 0.336 e. The van der Waals surface area contributed by atoms with Crippen LogP contribution in [-0.2, 0) is 12.8 Å². The van der Waals surface area contributed by atoms with Crippen molar-refractivity contribution in [3.63, 3.8) is 0 Å². The molecule has 3 amide bonds. The lowest BCUT2D eigenvalue weighted by molar-refractivity contribution is 0.0687. The van der Waals surface area contributed by atoms with Crippen LogP contribution in [0.15, 0.2) is 83.9 Å². The van der Waals surface area contributed by atoms with Crippen LogP contribution in [0.2, 0.25) is 0 Å². The van der Waals surface area contributed by atoms with Gasteiger partial charge in [-0.25, -0.2) is 4.79 Å². The van der Waals surface area contributed by atoms with E-state index in [0.717, 1.165) is 11.1 Å². The number of aliphatic imine (C=N–C) groups is 1. The van der Waals surface area contributed by atoms with Gasteiger partial charge < -0.3 is 16.2 Å². The zero-order valence-electron chi connectivity index (χ0n) is 21.4. The summed E-state index contributed by atoms with van der Waals surface area (Å²) in [4.78, 5) is 55.8. The summed E-state index contributed by atoms with van der Waals surface area (Å²) in [7, 11) is 0. The van der Waals surface area contributed by atoms with Crippen molar-refractivity contribution in [3.8, 4) is 0 Å². The lowest BCUT2D eigenvalue weighted by Crippen LogP contribution is -2.37. The number of aromatic carboxylic acids is 1. The first kappa shape index (κ1) is 26.3. The second-order valence-corrected chi connectivity index (χ2v) is 9.34. The number of carbonyl (C=O) groups excluding carboxylic acids is 3. The first-order chi connectivity index (χ1) is 19.3. The maximum Gasteiger partial charge on any atom is 0.336 e. The minimum atomic E-state index is -1.37. The van der Waals surface area contributed by atoms with Crippen molar-refractivity contribution in [2.75, 3.05) is 13.1 Å². The Kier molecular flexibility index (Phi) is 7.37. The number of amides is 3. The zero-order valence-corrected chi connectivity index (χ0v) is 21.4. The topological polar surface area (TPSA) is 151 Å². The fourth-order valence-corrected chi connectivity index (χ4v) is 4.88. The minimum Gasteiger partial charge on any atom is -0.478 e. The SMILES string of the molecule is NC(=NCCc1ccccc1)c1cc(C(=O)O)c2c3c(ccc(C(=O)NCCc4ccccc4)c13)C(=O)NC2=O. The number of imide groups is 1. The van der Waals surface area contributed by atoms with Crippen LogP contribution in [0.4, 0.5) is 0 Å². The molecule has 0 atom stereocenters. The van der Waals surface area contributed by atoms with E-state index in [4.69, 9.17) is 5.73 Å². The lowest BCUT2D eigenvalue weighted by Gasteiger charge is -2.22. The lowest BCUT2D eigenvalue weighted by atomic mass is 9.85. The molecule has 5 rings (SSSR count). The van der Waals surface area contributed by atoms with Gasteiger partial charge in [0.25, 0.3) is 17.7 Å². The van der Waals surface area contributed by atoms with Crippen LogP contribution in [0.5, 0.6) is 0 Å². The first-order valence-corrected chi connectivity index (χ1v) is 12.7. The molecule has 0 saturated carbocycles. The Morgan fingerprint density at radius 2 is 1.45 bits per heavy atom. The van der Waals surface area contributed by atoms with Crippen molar-refractivity contribution in [3.05, 3.63) is 118 Å². The average molecular weight is 535 g/mol. The van der Waals surface area contributed by atoms with Gasteiger partial charge in [0.1, 0.15) is 5.84 Å². The van der Waals surface area contributed by atoms with Crippen LogP contribution in [-0.4, -0.2) is 47.7 Å². The number of nitrogens with one attached hydrogen (secondary N) is 2. The highest BCUT2D eigenvalue weighted by atomic mass is 16.4. The summed E-state index contributed by atoms with van der Waals surface area (Å²) in [5.41, 5.74) is 8.36. The standard InChI is InChI=1S/C31H26N4O5/c32-27(33-15-13-18-7-3-1-4-8-18)22-17-23(31(39)40)26-25-21(29(37)35-30(26)38)12-11-20(24(22)25)28(36)34-16-14-19-9-5-2-6-10-19/h1-12,17H,13-16H2,(H2,32,33)(H,34,36)(H,39,40)(H,35,37,38). The van der Waals surface area contributed by atoms with E-state index in [1.54, 1.807) is 0 Å². The molecular weight excluding hydrogens is 508 g/mol. The molecule has 1 aliphatic heterocycles. The fourth-order valence-electron chi connectivity index (χ4n) is 4.88. The number of benzene rings is 4. The predicted octanol–water partition coefficient (Wildman–Crippen LogP) is 3.34. The third-order valence-electron chi connectivity index (χ3n) is 6.80. The molecule has 9 heteroatoms. The van der Waals surface area contributed by atoms with Gasteiger partial charge >= 0.3 is 5.97 Å². The van der Waals surface area contributed by atoms with Crippen molar-refractivity contribution >= 4 is 40.3 Å². The summed E-state index contributed by atoms with van der Waals surface area (Å²) in [6, 6.07) is 23.5.